The summed E-state index contributed by atoms with van der Waals surface area (Å²) in [6, 6.07) is 13.2. The van der Waals surface area contributed by atoms with Gasteiger partial charge in [-0.25, -0.2) is 0 Å². The van der Waals surface area contributed by atoms with Crippen LogP contribution in [0.1, 0.15) is 39.4 Å². The molecule has 2 nitrogen and oxygen atoms in total. The second kappa shape index (κ2) is 6.21. The first-order chi connectivity index (χ1) is 9.51. The van der Waals surface area contributed by atoms with Crippen LogP contribution in [-0.4, -0.2) is 0 Å². The van der Waals surface area contributed by atoms with E-state index in [-0.39, 0.29) is 6.04 Å². The highest BCUT2D eigenvalue weighted by Crippen LogP contribution is 2.25. The van der Waals surface area contributed by atoms with Gasteiger partial charge in [-0.3, -0.25) is 11.3 Å². The summed E-state index contributed by atoms with van der Waals surface area (Å²) >= 11 is 0. The summed E-state index contributed by atoms with van der Waals surface area (Å²) in [5, 5.41) is 0. The van der Waals surface area contributed by atoms with Gasteiger partial charge in [0.2, 0.25) is 0 Å². The van der Waals surface area contributed by atoms with Crippen LogP contribution in [0.25, 0.3) is 0 Å². The smallest absolute Gasteiger partial charge is 0.0505 e. The zero-order valence-corrected chi connectivity index (χ0v) is 12.8. The third kappa shape index (κ3) is 3.27. The van der Waals surface area contributed by atoms with Crippen molar-refractivity contribution in [3.8, 4) is 0 Å². The Balaban J connectivity index is 2.34. The van der Waals surface area contributed by atoms with E-state index in [2.05, 4.69) is 69.5 Å². The molecule has 0 heterocycles. The molecule has 1 atom stereocenters. The van der Waals surface area contributed by atoms with Crippen LogP contribution < -0.4 is 11.3 Å². The van der Waals surface area contributed by atoms with Crippen LogP contribution in [0.15, 0.2) is 36.4 Å². The standard InChI is InChI=1S/C18H24N2/c1-12-8-13(2)10-16(9-12)11-17(20-19)18-14(3)6-5-7-15(18)4/h5-10,17,20H,11,19H2,1-4H3. The van der Waals surface area contributed by atoms with Crippen LogP contribution in [0.5, 0.6) is 0 Å². The Hall–Kier alpha value is -1.64. The van der Waals surface area contributed by atoms with Crippen molar-refractivity contribution in [2.45, 2.75) is 40.2 Å². The highest BCUT2D eigenvalue weighted by atomic mass is 15.2. The number of nitrogens with one attached hydrogen (secondary N) is 1. The molecule has 0 saturated heterocycles. The minimum absolute atomic E-state index is 0.150. The number of benzene rings is 2. The van der Waals surface area contributed by atoms with Gasteiger partial charge < -0.3 is 0 Å². The normalized spacial score (nSPS) is 12.4. The molecule has 1 unspecified atom stereocenters. The maximum Gasteiger partial charge on any atom is 0.0505 e. The number of nitrogens with two attached hydrogens (primary N) is 1. The van der Waals surface area contributed by atoms with Gasteiger partial charge in [0.25, 0.3) is 0 Å². The fourth-order valence-electron chi connectivity index (χ4n) is 3.04. The molecule has 0 aliphatic carbocycles. The summed E-state index contributed by atoms with van der Waals surface area (Å²) in [4.78, 5) is 0. The Kier molecular flexibility index (Phi) is 4.58. The molecule has 2 aromatic carbocycles. The monoisotopic (exact) mass is 268 g/mol. The van der Waals surface area contributed by atoms with Crippen LogP contribution in [0.4, 0.5) is 0 Å². The summed E-state index contributed by atoms with van der Waals surface area (Å²) in [5.74, 6) is 5.82. The molecule has 0 aromatic heterocycles. The van der Waals surface area contributed by atoms with E-state index in [1.807, 2.05) is 0 Å². The van der Waals surface area contributed by atoms with Gasteiger partial charge in [-0.1, -0.05) is 47.5 Å². The molecule has 3 N–H and O–H groups in total. The molecule has 0 radical (unpaired) electrons. The van der Waals surface area contributed by atoms with E-state index in [1.165, 1.54) is 33.4 Å². The van der Waals surface area contributed by atoms with E-state index in [0.717, 1.165) is 6.42 Å². The topological polar surface area (TPSA) is 38.0 Å². The fourth-order valence-corrected chi connectivity index (χ4v) is 3.04. The average Bonchev–Trinajstić information content (AvgIpc) is 2.36. The fraction of sp³-hybridized carbons (Fsp3) is 0.333. The van der Waals surface area contributed by atoms with Crippen molar-refractivity contribution in [2.75, 3.05) is 0 Å². The maximum absolute atomic E-state index is 5.82. The van der Waals surface area contributed by atoms with Gasteiger partial charge in [0.1, 0.15) is 0 Å². The predicted molar refractivity (Wildman–Crippen MR) is 85.6 cm³/mol. The van der Waals surface area contributed by atoms with Crippen LogP contribution in [0.2, 0.25) is 0 Å². The summed E-state index contributed by atoms with van der Waals surface area (Å²) in [7, 11) is 0. The van der Waals surface area contributed by atoms with Gasteiger partial charge in [-0.15, -0.1) is 0 Å². The number of hydrogen-bond acceptors (Lipinski definition) is 2. The Bertz CT molecular complexity index is 562. The van der Waals surface area contributed by atoms with E-state index in [1.54, 1.807) is 0 Å². The number of aryl methyl sites for hydroxylation is 4. The third-order valence-corrected chi connectivity index (χ3v) is 3.81. The lowest BCUT2D eigenvalue weighted by Gasteiger charge is -2.21. The largest absolute Gasteiger partial charge is 0.271 e. The number of hydrogen-bond donors (Lipinski definition) is 2. The van der Waals surface area contributed by atoms with Gasteiger partial charge in [0.15, 0.2) is 0 Å². The predicted octanol–water partition coefficient (Wildman–Crippen LogP) is 3.67. The van der Waals surface area contributed by atoms with Gasteiger partial charge in [-0.2, -0.15) is 0 Å². The maximum atomic E-state index is 5.82. The molecular weight excluding hydrogens is 244 g/mol. The second-order valence-electron chi connectivity index (χ2n) is 5.72. The minimum Gasteiger partial charge on any atom is -0.271 e. The average molecular weight is 268 g/mol. The molecule has 0 aliphatic heterocycles. The highest BCUT2D eigenvalue weighted by Gasteiger charge is 2.15. The van der Waals surface area contributed by atoms with Crippen LogP contribution >= 0.6 is 0 Å². The van der Waals surface area contributed by atoms with E-state index < -0.39 is 0 Å². The van der Waals surface area contributed by atoms with Crippen molar-refractivity contribution < 1.29 is 0 Å². The zero-order valence-electron chi connectivity index (χ0n) is 12.8. The summed E-state index contributed by atoms with van der Waals surface area (Å²) in [6.07, 6.45) is 0.907. The van der Waals surface area contributed by atoms with E-state index >= 15 is 0 Å². The summed E-state index contributed by atoms with van der Waals surface area (Å²) < 4.78 is 0. The van der Waals surface area contributed by atoms with E-state index in [9.17, 15) is 0 Å². The van der Waals surface area contributed by atoms with Crippen LogP contribution in [-0.2, 0) is 6.42 Å². The lowest BCUT2D eigenvalue weighted by molar-refractivity contribution is 0.546. The Morgan fingerprint density at radius 2 is 1.50 bits per heavy atom. The number of hydrazine groups is 1. The molecule has 0 aliphatic rings. The minimum atomic E-state index is 0.150. The first-order valence-electron chi connectivity index (χ1n) is 7.10. The lowest BCUT2D eigenvalue weighted by Crippen LogP contribution is -2.30. The van der Waals surface area contributed by atoms with Crippen LogP contribution in [0.3, 0.4) is 0 Å². The van der Waals surface area contributed by atoms with E-state index in [0.29, 0.717) is 0 Å². The van der Waals surface area contributed by atoms with Crippen molar-refractivity contribution in [2.24, 2.45) is 5.84 Å². The first kappa shape index (κ1) is 14.8. The van der Waals surface area contributed by atoms with Gasteiger partial charge in [0, 0.05) is 0 Å². The van der Waals surface area contributed by atoms with Crippen molar-refractivity contribution >= 4 is 0 Å². The SMILES string of the molecule is Cc1cc(C)cc(CC(NN)c2c(C)cccc2C)c1. The van der Waals surface area contributed by atoms with E-state index in [4.69, 9.17) is 5.84 Å². The quantitative estimate of drug-likeness (QED) is 0.656. The molecule has 0 spiro atoms. The third-order valence-electron chi connectivity index (χ3n) is 3.81. The first-order valence-corrected chi connectivity index (χ1v) is 7.10. The molecule has 0 bridgehead atoms. The molecule has 0 amide bonds. The Morgan fingerprint density at radius 1 is 0.950 bits per heavy atom. The molecule has 0 saturated carbocycles. The molecule has 2 heteroatoms. The molecular formula is C18H24N2. The molecule has 106 valence electrons. The summed E-state index contributed by atoms with van der Waals surface area (Å²) in [6.45, 7) is 8.57. The molecule has 2 rings (SSSR count). The summed E-state index contributed by atoms with van der Waals surface area (Å²) in [5.41, 5.74) is 10.8. The number of rotatable bonds is 4. The van der Waals surface area contributed by atoms with Crippen LogP contribution in [0, 0.1) is 27.7 Å². The van der Waals surface area contributed by atoms with Crippen molar-refractivity contribution in [3.05, 3.63) is 69.8 Å². The second-order valence-corrected chi connectivity index (χ2v) is 5.72. The highest BCUT2D eigenvalue weighted by molar-refractivity contribution is 5.38. The van der Waals surface area contributed by atoms with Crippen molar-refractivity contribution in [1.82, 2.24) is 5.43 Å². The van der Waals surface area contributed by atoms with Gasteiger partial charge in [0.05, 0.1) is 6.04 Å². The van der Waals surface area contributed by atoms with Gasteiger partial charge >= 0.3 is 0 Å². The Labute approximate surface area is 122 Å². The lowest BCUT2D eigenvalue weighted by atomic mass is 9.91. The van der Waals surface area contributed by atoms with Crippen molar-refractivity contribution in [3.63, 3.8) is 0 Å². The van der Waals surface area contributed by atoms with Crippen molar-refractivity contribution in [1.29, 1.82) is 0 Å². The molecule has 2 aromatic rings. The molecule has 0 fully saturated rings. The zero-order chi connectivity index (χ0) is 14.7. The Morgan fingerprint density at radius 3 is 2.00 bits per heavy atom. The van der Waals surface area contributed by atoms with Gasteiger partial charge in [-0.05, 0) is 56.4 Å². The molecule has 20 heavy (non-hydrogen) atoms.